The summed E-state index contributed by atoms with van der Waals surface area (Å²) in [5, 5.41) is 8.07. The number of carbonyl (C=O) groups excluding carboxylic acids is 2. The molecule has 0 bridgehead atoms. The van der Waals surface area contributed by atoms with Crippen LogP contribution in [0.2, 0.25) is 10.0 Å². The number of nitrogens with zero attached hydrogens (tertiary/aromatic N) is 3. The third kappa shape index (κ3) is 5.92. The number of anilines is 1. The summed E-state index contributed by atoms with van der Waals surface area (Å²) >= 11 is 12.1. The van der Waals surface area contributed by atoms with Crippen molar-refractivity contribution in [3.8, 4) is 5.69 Å². The summed E-state index contributed by atoms with van der Waals surface area (Å²) in [5.41, 5.74) is 1.33. The first-order valence-electron chi connectivity index (χ1n) is 10.4. The van der Waals surface area contributed by atoms with Crippen molar-refractivity contribution in [3.05, 3.63) is 75.7 Å². The van der Waals surface area contributed by atoms with Crippen molar-refractivity contribution in [1.82, 2.24) is 14.7 Å². The first kappa shape index (κ1) is 24.7. The van der Waals surface area contributed by atoms with Gasteiger partial charge in [-0.15, -0.1) is 0 Å². The third-order valence-electron chi connectivity index (χ3n) is 4.98. The summed E-state index contributed by atoms with van der Waals surface area (Å²) in [6.07, 6.45) is 0. The number of amides is 2. The fraction of sp³-hybridized carbons (Fsp3) is 0.292. The average molecular weight is 491 g/mol. The van der Waals surface area contributed by atoms with E-state index in [1.54, 1.807) is 35.9 Å². The maximum atomic E-state index is 13.4. The van der Waals surface area contributed by atoms with E-state index in [1.807, 2.05) is 20.8 Å². The molecular formula is C24H25Cl2FN4O2. The minimum Gasteiger partial charge on any atom is -0.330 e. The maximum absolute atomic E-state index is 13.4. The Morgan fingerprint density at radius 3 is 2.33 bits per heavy atom. The van der Waals surface area contributed by atoms with Crippen molar-refractivity contribution in [1.29, 1.82) is 0 Å². The van der Waals surface area contributed by atoms with Crippen LogP contribution in [0.15, 0.2) is 48.5 Å². The molecule has 0 radical (unpaired) electrons. The van der Waals surface area contributed by atoms with Gasteiger partial charge in [-0.1, -0.05) is 44.0 Å². The van der Waals surface area contributed by atoms with E-state index < -0.39 is 5.91 Å². The van der Waals surface area contributed by atoms with Crippen molar-refractivity contribution in [2.24, 2.45) is 0 Å². The second kappa shape index (κ2) is 9.93. The normalized spacial score (nSPS) is 11.4. The summed E-state index contributed by atoms with van der Waals surface area (Å²) in [4.78, 5) is 27.2. The van der Waals surface area contributed by atoms with Crippen LogP contribution in [0.3, 0.4) is 0 Å². The molecule has 3 aromatic rings. The Hall–Kier alpha value is -2.90. The fourth-order valence-corrected chi connectivity index (χ4v) is 3.62. The molecule has 0 aliphatic heterocycles. The van der Waals surface area contributed by atoms with Crippen LogP contribution in [0.1, 0.15) is 43.7 Å². The van der Waals surface area contributed by atoms with E-state index in [1.165, 1.54) is 29.2 Å². The molecule has 33 heavy (non-hydrogen) atoms. The molecule has 6 nitrogen and oxygen atoms in total. The van der Waals surface area contributed by atoms with E-state index in [9.17, 15) is 14.0 Å². The van der Waals surface area contributed by atoms with Gasteiger partial charge in [-0.25, -0.2) is 9.07 Å². The number of nitrogens with one attached hydrogen (secondary N) is 1. The van der Waals surface area contributed by atoms with Crippen LogP contribution >= 0.6 is 23.2 Å². The SMILES string of the molecule is CCN(CC(=O)Nc1cc(C(C)(C)C)nn1-c1ccc(F)cc1)C(=O)c1ccc(Cl)cc1Cl. The Bertz CT molecular complexity index is 1170. The van der Waals surface area contributed by atoms with Crippen LogP contribution < -0.4 is 5.32 Å². The van der Waals surface area contributed by atoms with Gasteiger partial charge in [-0.3, -0.25) is 9.59 Å². The molecule has 0 aliphatic carbocycles. The lowest BCUT2D eigenvalue weighted by Crippen LogP contribution is -2.38. The number of likely N-dealkylation sites (N-methyl/N-ethyl adjacent to an activating group) is 1. The maximum Gasteiger partial charge on any atom is 0.255 e. The molecular weight excluding hydrogens is 466 g/mol. The van der Waals surface area contributed by atoms with Crippen LogP contribution in [0, 0.1) is 5.82 Å². The molecule has 2 aromatic carbocycles. The smallest absolute Gasteiger partial charge is 0.255 e. The van der Waals surface area contributed by atoms with Crippen molar-refractivity contribution in [3.63, 3.8) is 0 Å². The van der Waals surface area contributed by atoms with Gasteiger partial charge in [0.05, 0.1) is 22.0 Å². The van der Waals surface area contributed by atoms with Gasteiger partial charge in [0.2, 0.25) is 5.91 Å². The van der Waals surface area contributed by atoms with E-state index in [0.717, 1.165) is 5.69 Å². The minimum atomic E-state index is -0.404. The molecule has 0 fully saturated rings. The summed E-state index contributed by atoms with van der Waals surface area (Å²) < 4.78 is 15.0. The van der Waals surface area contributed by atoms with E-state index in [4.69, 9.17) is 23.2 Å². The van der Waals surface area contributed by atoms with Crippen molar-refractivity contribution in [2.75, 3.05) is 18.4 Å². The number of hydrogen-bond donors (Lipinski definition) is 1. The predicted molar refractivity (Wildman–Crippen MR) is 129 cm³/mol. The molecule has 3 rings (SSSR count). The molecule has 2 amide bonds. The minimum absolute atomic E-state index is 0.187. The highest BCUT2D eigenvalue weighted by molar-refractivity contribution is 6.36. The first-order valence-corrected chi connectivity index (χ1v) is 11.2. The summed E-state index contributed by atoms with van der Waals surface area (Å²) in [7, 11) is 0. The molecule has 0 unspecified atom stereocenters. The van der Waals surface area contributed by atoms with Crippen LogP contribution in [-0.4, -0.2) is 39.6 Å². The quantitative estimate of drug-likeness (QED) is 0.480. The standard InChI is InChI=1S/C24H25Cl2FN4O2/c1-5-30(23(33)18-11-6-15(25)12-19(18)26)14-22(32)28-21-13-20(24(2,3)4)29-31(21)17-9-7-16(27)8-10-17/h6-13H,5,14H2,1-4H3,(H,28,32). The van der Waals surface area contributed by atoms with E-state index in [-0.39, 0.29) is 34.3 Å². The lowest BCUT2D eigenvalue weighted by molar-refractivity contribution is -0.116. The molecule has 0 spiro atoms. The Morgan fingerprint density at radius 1 is 1.09 bits per heavy atom. The largest absolute Gasteiger partial charge is 0.330 e. The number of aromatic nitrogens is 2. The van der Waals surface area contributed by atoms with Crippen LogP contribution in [0.25, 0.3) is 5.69 Å². The lowest BCUT2D eigenvalue weighted by Gasteiger charge is -2.21. The summed E-state index contributed by atoms with van der Waals surface area (Å²) in [5.74, 6) is -0.731. The lowest BCUT2D eigenvalue weighted by atomic mass is 9.92. The highest BCUT2D eigenvalue weighted by Gasteiger charge is 2.24. The molecule has 1 N–H and O–H groups in total. The predicted octanol–water partition coefficient (Wildman–Crippen LogP) is 5.72. The highest BCUT2D eigenvalue weighted by atomic mass is 35.5. The van der Waals surface area contributed by atoms with Crippen LogP contribution in [-0.2, 0) is 10.2 Å². The summed E-state index contributed by atoms with van der Waals surface area (Å²) in [6, 6.07) is 12.2. The molecule has 1 aromatic heterocycles. The van der Waals surface area contributed by atoms with E-state index >= 15 is 0 Å². The van der Waals surface area contributed by atoms with Gasteiger partial charge in [0.15, 0.2) is 0 Å². The van der Waals surface area contributed by atoms with Crippen molar-refractivity contribution >= 4 is 40.8 Å². The van der Waals surface area contributed by atoms with Gasteiger partial charge in [0.1, 0.15) is 18.2 Å². The van der Waals surface area contributed by atoms with E-state index in [2.05, 4.69) is 10.4 Å². The first-order chi connectivity index (χ1) is 15.5. The average Bonchev–Trinajstić information content (AvgIpc) is 3.16. The van der Waals surface area contributed by atoms with Gasteiger partial charge < -0.3 is 10.2 Å². The van der Waals surface area contributed by atoms with E-state index in [0.29, 0.717) is 23.1 Å². The topological polar surface area (TPSA) is 67.2 Å². The Morgan fingerprint density at radius 2 is 1.76 bits per heavy atom. The molecule has 1 heterocycles. The van der Waals surface area contributed by atoms with Gasteiger partial charge >= 0.3 is 0 Å². The van der Waals surface area contributed by atoms with Crippen molar-refractivity contribution < 1.29 is 14.0 Å². The number of carbonyl (C=O) groups is 2. The van der Waals surface area contributed by atoms with Gasteiger partial charge in [-0.05, 0) is 49.4 Å². The number of hydrogen-bond acceptors (Lipinski definition) is 3. The van der Waals surface area contributed by atoms with Crippen molar-refractivity contribution in [2.45, 2.75) is 33.1 Å². The second-order valence-corrected chi connectivity index (χ2v) is 9.39. The fourth-order valence-electron chi connectivity index (χ4n) is 3.13. The zero-order valence-electron chi connectivity index (χ0n) is 18.8. The monoisotopic (exact) mass is 490 g/mol. The zero-order valence-corrected chi connectivity index (χ0v) is 20.3. The third-order valence-corrected chi connectivity index (χ3v) is 5.53. The molecule has 0 saturated carbocycles. The van der Waals surface area contributed by atoms with Gasteiger partial charge in [-0.2, -0.15) is 5.10 Å². The van der Waals surface area contributed by atoms with Gasteiger partial charge in [0.25, 0.3) is 5.91 Å². The van der Waals surface area contributed by atoms with Gasteiger partial charge in [0, 0.05) is 23.0 Å². The number of rotatable bonds is 6. The molecule has 174 valence electrons. The molecule has 0 saturated heterocycles. The highest BCUT2D eigenvalue weighted by Crippen LogP contribution is 2.27. The summed E-state index contributed by atoms with van der Waals surface area (Å²) in [6.45, 7) is 7.90. The molecule has 9 heteroatoms. The number of halogens is 3. The zero-order chi connectivity index (χ0) is 24.3. The molecule has 0 aliphatic rings. The Kier molecular flexibility index (Phi) is 7.44. The second-order valence-electron chi connectivity index (χ2n) is 8.54. The molecule has 0 atom stereocenters. The van der Waals surface area contributed by atoms with Crippen LogP contribution in [0.5, 0.6) is 0 Å². The van der Waals surface area contributed by atoms with Crippen LogP contribution in [0.4, 0.5) is 10.2 Å². The Labute approximate surface area is 202 Å². The Balaban J connectivity index is 1.84. The number of benzene rings is 2.